The van der Waals surface area contributed by atoms with Gasteiger partial charge in [-0.2, -0.15) is 0 Å². The van der Waals surface area contributed by atoms with E-state index in [-0.39, 0.29) is 5.54 Å². The molecule has 1 aromatic carbocycles. The molecule has 0 radical (unpaired) electrons. The second kappa shape index (κ2) is 4.53. The first-order valence-electron chi connectivity index (χ1n) is 5.70. The molecule has 88 valence electrons. The van der Waals surface area contributed by atoms with Gasteiger partial charge in [-0.15, -0.1) is 0 Å². The second-order valence-corrected chi connectivity index (χ2v) is 5.03. The molecule has 0 bridgehead atoms. The summed E-state index contributed by atoms with van der Waals surface area (Å²) in [4.78, 5) is 8.77. The number of aromatic nitrogens is 2. The van der Waals surface area contributed by atoms with E-state index >= 15 is 0 Å². The van der Waals surface area contributed by atoms with E-state index in [9.17, 15) is 0 Å². The lowest BCUT2D eigenvalue weighted by molar-refractivity contribution is 0.630. The summed E-state index contributed by atoms with van der Waals surface area (Å²) in [6.07, 6.45) is 3.57. The van der Waals surface area contributed by atoms with Crippen molar-refractivity contribution in [2.75, 3.05) is 5.32 Å². The maximum Gasteiger partial charge on any atom is 0.144 e. The third kappa shape index (κ3) is 3.28. The minimum Gasteiger partial charge on any atom is -0.364 e. The lowest BCUT2D eigenvalue weighted by Gasteiger charge is -2.20. The molecule has 3 heteroatoms. The minimum atomic E-state index is 0.00292. The van der Waals surface area contributed by atoms with Gasteiger partial charge in [-0.3, -0.25) is 4.98 Å². The van der Waals surface area contributed by atoms with Crippen LogP contribution in [0.25, 0.3) is 11.3 Å². The van der Waals surface area contributed by atoms with Crippen LogP contribution in [0.3, 0.4) is 0 Å². The number of hydrogen-bond donors (Lipinski definition) is 1. The van der Waals surface area contributed by atoms with Crippen LogP contribution >= 0.6 is 0 Å². The maximum absolute atomic E-state index is 4.41. The molecule has 1 heterocycles. The van der Waals surface area contributed by atoms with Crippen LogP contribution in [0.5, 0.6) is 0 Å². The summed E-state index contributed by atoms with van der Waals surface area (Å²) in [5, 5.41) is 3.29. The molecule has 2 aromatic rings. The number of rotatable bonds is 2. The highest BCUT2D eigenvalue weighted by Gasteiger charge is 2.10. The lowest BCUT2D eigenvalue weighted by Crippen LogP contribution is -2.26. The van der Waals surface area contributed by atoms with E-state index < -0.39 is 0 Å². The first-order chi connectivity index (χ1) is 8.04. The van der Waals surface area contributed by atoms with E-state index in [0.29, 0.717) is 0 Å². The zero-order valence-electron chi connectivity index (χ0n) is 10.4. The molecule has 0 atom stereocenters. The van der Waals surface area contributed by atoms with Gasteiger partial charge in [0.15, 0.2) is 0 Å². The van der Waals surface area contributed by atoms with Crippen LogP contribution in [-0.4, -0.2) is 15.5 Å². The van der Waals surface area contributed by atoms with Gasteiger partial charge in [-0.1, -0.05) is 30.3 Å². The fraction of sp³-hybridized carbons (Fsp3) is 0.286. The van der Waals surface area contributed by atoms with E-state index in [1.807, 2.05) is 30.3 Å². The molecule has 0 fully saturated rings. The van der Waals surface area contributed by atoms with Gasteiger partial charge in [0.05, 0.1) is 18.1 Å². The first-order valence-corrected chi connectivity index (χ1v) is 5.70. The molecule has 0 spiro atoms. The molecule has 0 aliphatic carbocycles. The molecular formula is C14H17N3. The molecule has 0 amide bonds. The Bertz CT molecular complexity index is 469. The Morgan fingerprint density at radius 2 is 1.65 bits per heavy atom. The van der Waals surface area contributed by atoms with Crippen LogP contribution < -0.4 is 5.32 Å². The van der Waals surface area contributed by atoms with Gasteiger partial charge in [0, 0.05) is 11.1 Å². The molecule has 2 rings (SSSR count). The smallest absolute Gasteiger partial charge is 0.144 e. The summed E-state index contributed by atoms with van der Waals surface area (Å²) in [6, 6.07) is 10.0. The Hall–Kier alpha value is -1.90. The van der Waals surface area contributed by atoms with Crippen molar-refractivity contribution in [3.05, 3.63) is 42.7 Å². The topological polar surface area (TPSA) is 37.8 Å². The van der Waals surface area contributed by atoms with Crippen LogP contribution in [0.4, 0.5) is 5.82 Å². The number of nitrogens with one attached hydrogen (secondary N) is 1. The normalized spacial score (nSPS) is 11.2. The van der Waals surface area contributed by atoms with Crippen LogP contribution in [0.15, 0.2) is 42.7 Å². The highest BCUT2D eigenvalue weighted by Crippen LogP contribution is 2.17. The molecule has 1 aromatic heterocycles. The van der Waals surface area contributed by atoms with Gasteiger partial charge < -0.3 is 5.32 Å². The van der Waals surface area contributed by atoms with Gasteiger partial charge >= 0.3 is 0 Å². The predicted octanol–water partition coefficient (Wildman–Crippen LogP) is 3.35. The zero-order chi connectivity index (χ0) is 12.3. The van der Waals surface area contributed by atoms with Crippen molar-refractivity contribution in [2.24, 2.45) is 0 Å². The van der Waals surface area contributed by atoms with E-state index in [2.05, 4.69) is 36.1 Å². The van der Waals surface area contributed by atoms with Crippen molar-refractivity contribution in [1.82, 2.24) is 9.97 Å². The minimum absolute atomic E-state index is 0.00292. The van der Waals surface area contributed by atoms with Gasteiger partial charge in [-0.05, 0) is 20.8 Å². The molecular weight excluding hydrogens is 210 g/mol. The zero-order valence-corrected chi connectivity index (χ0v) is 10.4. The largest absolute Gasteiger partial charge is 0.364 e. The van der Waals surface area contributed by atoms with E-state index in [1.165, 1.54) is 0 Å². The molecule has 0 saturated heterocycles. The third-order valence-corrected chi connectivity index (χ3v) is 2.22. The Morgan fingerprint density at radius 1 is 0.941 bits per heavy atom. The molecule has 0 saturated carbocycles. The van der Waals surface area contributed by atoms with Crippen LogP contribution in [0.1, 0.15) is 20.8 Å². The highest BCUT2D eigenvalue weighted by molar-refractivity contribution is 5.58. The average Bonchev–Trinajstić information content (AvgIpc) is 2.29. The molecule has 0 unspecified atom stereocenters. The summed E-state index contributed by atoms with van der Waals surface area (Å²) in [7, 11) is 0. The summed E-state index contributed by atoms with van der Waals surface area (Å²) >= 11 is 0. The number of hydrogen-bond acceptors (Lipinski definition) is 3. The average molecular weight is 227 g/mol. The van der Waals surface area contributed by atoms with Gasteiger partial charge in [0.25, 0.3) is 0 Å². The quantitative estimate of drug-likeness (QED) is 0.855. The van der Waals surface area contributed by atoms with Crippen LogP contribution in [0, 0.1) is 0 Å². The number of benzene rings is 1. The van der Waals surface area contributed by atoms with Crippen molar-refractivity contribution >= 4 is 5.82 Å². The second-order valence-electron chi connectivity index (χ2n) is 5.03. The van der Waals surface area contributed by atoms with Crippen LogP contribution in [0.2, 0.25) is 0 Å². The van der Waals surface area contributed by atoms with Gasteiger partial charge in [0.1, 0.15) is 5.82 Å². The molecule has 3 nitrogen and oxygen atoms in total. The highest BCUT2D eigenvalue weighted by atomic mass is 15.1. The van der Waals surface area contributed by atoms with Crippen molar-refractivity contribution in [2.45, 2.75) is 26.3 Å². The number of nitrogens with zero attached hydrogens (tertiary/aromatic N) is 2. The monoisotopic (exact) mass is 227 g/mol. The van der Waals surface area contributed by atoms with E-state index in [0.717, 1.165) is 17.1 Å². The lowest BCUT2D eigenvalue weighted by atomic mass is 10.1. The predicted molar refractivity (Wildman–Crippen MR) is 70.8 cm³/mol. The van der Waals surface area contributed by atoms with Crippen LogP contribution in [-0.2, 0) is 0 Å². The van der Waals surface area contributed by atoms with E-state index in [1.54, 1.807) is 12.4 Å². The van der Waals surface area contributed by atoms with Gasteiger partial charge in [-0.25, -0.2) is 4.98 Å². The summed E-state index contributed by atoms with van der Waals surface area (Å²) in [5.74, 6) is 0.803. The summed E-state index contributed by atoms with van der Waals surface area (Å²) in [6.45, 7) is 6.29. The van der Waals surface area contributed by atoms with Crippen molar-refractivity contribution in [1.29, 1.82) is 0 Å². The third-order valence-electron chi connectivity index (χ3n) is 2.22. The fourth-order valence-corrected chi connectivity index (χ4v) is 1.53. The fourth-order valence-electron chi connectivity index (χ4n) is 1.53. The van der Waals surface area contributed by atoms with Gasteiger partial charge in [0.2, 0.25) is 0 Å². The first kappa shape index (κ1) is 11.6. The maximum atomic E-state index is 4.41. The Morgan fingerprint density at radius 3 is 2.18 bits per heavy atom. The molecule has 1 N–H and O–H groups in total. The standard InChI is InChI=1S/C14H17N3/c1-14(2,3)17-13-10-15-12(9-16-13)11-7-5-4-6-8-11/h4-10H,1-3H3,(H,16,17). The van der Waals surface area contributed by atoms with Crippen molar-refractivity contribution < 1.29 is 0 Å². The van der Waals surface area contributed by atoms with E-state index in [4.69, 9.17) is 0 Å². The Balaban J connectivity index is 2.19. The van der Waals surface area contributed by atoms with Crippen molar-refractivity contribution in [3.8, 4) is 11.3 Å². The Kier molecular flexibility index (Phi) is 3.09. The summed E-state index contributed by atoms with van der Waals surface area (Å²) < 4.78 is 0. The molecule has 0 aliphatic rings. The number of anilines is 1. The SMILES string of the molecule is CC(C)(C)Nc1cnc(-c2ccccc2)cn1. The molecule has 0 aliphatic heterocycles. The molecule has 17 heavy (non-hydrogen) atoms. The summed E-state index contributed by atoms with van der Waals surface area (Å²) in [5.41, 5.74) is 1.98. The Labute approximate surface area is 102 Å². The van der Waals surface area contributed by atoms with Crippen molar-refractivity contribution in [3.63, 3.8) is 0 Å².